The van der Waals surface area contributed by atoms with E-state index in [1.165, 1.54) is 0 Å². The zero-order chi connectivity index (χ0) is 32.6. The van der Waals surface area contributed by atoms with Gasteiger partial charge in [0.1, 0.15) is 24.7 Å². The number of amides is 4. The summed E-state index contributed by atoms with van der Waals surface area (Å²) in [4.78, 5) is 81.3. The predicted molar refractivity (Wildman–Crippen MR) is 148 cm³/mol. The van der Waals surface area contributed by atoms with Gasteiger partial charge in [0.2, 0.25) is 23.6 Å². The highest BCUT2D eigenvalue weighted by molar-refractivity contribution is 5.86. The molecule has 0 saturated carbocycles. The van der Waals surface area contributed by atoms with Crippen molar-refractivity contribution in [3.8, 4) is 0 Å². The van der Waals surface area contributed by atoms with Gasteiger partial charge in [-0.15, -0.1) is 0 Å². The van der Waals surface area contributed by atoms with E-state index in [2.05, 4.69) is 26.7 Å². The summed E-state index contributed by atoms with van der Waals surface area (Å²) < 4.78 is 10.3. The van der Waals surface area contributed by atoms with Crippen molar-refractivity contribution in [2.75, 3.05) is 39.5 Å². The van der Waals surface area contributed by atoms with Gasteiger partial charge >= 0.3 is 17.9 Å². The van der Waals surface area contributed by atoms with Gasteiger partial charge in [0, 0.05) is 32.4 Å². The monoisotopic (exact) mass is 620 g/mol. The van der Waals surface area contributed by atoms with Crippen molar-refractivity contribution in [3.05, 3.63) is 0 Å². The lowest BCUT2D eigenvalue weighted by Crippen LogP contribution is -2.45. The molecule has 0 radical (unpaired) electrons. The Labute approximate surface area is 248 Å². The van der Waals surface area contributed by atoms with Crippen LogP contribution in [0.4, 0.5) is 0 Å². The second kappa shape index (κ2) is 23.7. The van der Waals surface area contributed by atoms with Crippen LogP contribution in [0.3, 0.4) is 0 Å². The molecule has 0 heterocycles. The lowest BCUT2D eigenvalue weighted by Gasteiger charge is -2.17. The molecular weight excluding hydrogens is 576 g/mol. The van der Waals surface area contributed by atoms with Crippen molar-refractivity contribution in [1.29, 1.82) is 0 Å². The third-order valence-corrected chi connectivity index (χ3v) is 5.82. The molecule has 0 aliphatic carbocycles. The molecule has 18 nitrogen and oxygen atoms in total. The number of carboxylic acid groups (broad SMARTS) is 3. The molecule has 0 unspecified atom stereocenters. The zero-order valence-corrected chi connectivity index (χ0v) is 24.2. The fraction of sp³-hybridized carbons (Fsp3) is 0.720. The van der Waals surface area contributed by atoms with E-state index in [0.717, 1.165) is 0 Å². The van der Waals surface area contributed by atoms with E-state index >= 15 is 0 Å². The summed E-state index contributed by atoms with van der Waals surface area (Å²) in [6, 6.07) is -3.73. The summed E-state index contributed by atoms with van der Waals surface area (Å²) in [5.41, 5.74) is 2.17. The molecule has 0 rings (SSSR count). The van der Waals surface area contributed by atoms with Crippen LogP contribution in [0, 0.1) is 0 Å². The Morgan fingerprint density at radius 2 is 1.16 bits per heavy atom. The van der Waals surface area contributed by atoms with Crippen molar-refractivity contribution in [3.63, 3.8) is 0 Å². The van der Waals surface area contributed by atoms with Crippen LogP contribution >= 0.6 is 0 Å². The fourth-order valence-corrected chi connectivity index (χ4v) is 3.41. The van der Waals surface area contributed by atoms with Crippen LogP contribution in [0.15, 0.2) is 0 Å². The number of carboxylic acids is 3. The van der Waals surface area contributed by atoms with Crippen LogP contribution in [0.5, 0.6) is 0 Å². The third kappa shape index (κ3) is 20.6. The summed E-state index contributed by atoms with van der Waals surface area (Å²) in [6.07, 6.45) is 0.386. The van der Waals surface area contributed by atoms with E-state index in [0.29, 0.717) is 25.8 Å². The molecule has 0 aromatic heterocycles. The van der Waals surface area contributed by atoms with Crippen molar-refractivity contribution in [1.82, 2.24) is 26.7 Å². The molecular formula is C25H44N6O12. The Balaban J connectivity index is 4.32. The molecule has 4 amide bonds. The Morgan fingerprint density at radius 3 is 1.72 bits per heavy atom. The minimum Gasteiger partial charge on any atom is -0.480 e. The number of hydrogen-bond donors (Lipinski definition) is 9. The first-order valence-electron chi connectivity index (χ1n) is 13.8. The van der Waals surface area contributed by atoms with Crippen LogP contribution in [-0.4, -0.2) is 114 Å². The second-order valence-electron chi connectivity index (χ2n) is 9.27. The highest BCUT2D eigenvalue weighted by Crippen LogP contribution is 2.04. The van der Waals surface area contributed by atoms with Gasteiger partial charge in [-0.25, -0.2) is 15.0 Å². The number of unbranched alkanes of at least 4 members (excludes halogenated alkanes) is 1. The Kier molecular flexibility index (Phi) is 21.5. The molecule has 0 spiro atoms. The smallest absolute Gasteiger partial charge is 0.326 e. The van der Waals surface area contributed by atoms with E-state index in [9.17, 15) is 43.8 Å². The third-order valence-electron chi connectivity index (χ3n) is 5.82. The van der Waals surface area contributed by atoms with Gasteiger partial charge in [-0.05, 0) is 32.1 Å². The first kappa shape index (κ1) is 39.1. The molecule has 0 fully saturated rings. The minimum absolute atomic E-state index is 0.0452. The molecule has 0 bridgehead atoms. The van der Waals surface area contributed by atoms with Crippen molar-refractivity contribution in [2.24, 2.45) is 5.84 Å². The van der Waals surface area contributed by atoms with Crippen LogP contribution in [-0.2, 0) is 43.0 Å². The summed E-state index contributed by atoms with van der Waals surface area (Å²) in [7, 11) is 0. The van der Waals surface area contributed by atoms with Gasteiger partial charge in [-0.2, -0.15) is 0 Å². The van der Waals surface area contributed by atoms with E-state index in [-0.39, 0.29) is 58.0 Å². The van der Waals surface area contributed by atoms with Gasteiger partial charge in [-0.1, -0.05) is 6.92 Å². The number of nitrogens with one attached hydrogen (secondary N) is 5. The van der Waals surface area contributed by atoms with Crippen LogP contribution < -0.4 is 32.5 Å². The summed E-state index contributed by atoms with van der Waals surface area (Å²) in [6.45, 7) is 2.28. The molecule has 43 heavy (non-hydrogen) atoms. The highest BCUT2D eigenvalue weighted by atomic mass is 16.5. The summed E-state index contributed by atoms with van der Waals surface area (Å²) in [5, 5.41) is 37.3. The molecule has 0 aliphatic rings. The molecule has 0 aromatic carbocycles. The first-order valence-corrected chi connectivity index (χ1v) is 13.8. The number of hydrogen-bond acceptors (Lipinski definition) is 11. The van der Waals surface area contributed by atoms with Gasteiger partial charge in [0.15, 0.2) is 0 Å². The predicted octanol–water partition coefficient (Wildman–Crippen LogP) is -2.55. The minimum atomic E-state index is -1.43. The van der Waals surface area contributed by atoms with E-state index in [1.54, 1.807) is 6.92 Å². The topological polar surface area (TPSA) is 285 Å². The standard InChI is InChI=1S/C25H44N6O12/c1-2-19(32)28-11-12-42-13-14-43-15-22(35)30-17(24(38)39)7-9-21(34)29-16(23(36)37)6-8-20(33)27-10-4-3-5-18(31-26)25(40)41/h16-18,31H,2-15,26H2,1H3,(H,27,33)(H,28,32)(H,29,34)(H,30,35)(H,36,37)(H,38,39)(H,40,41)/t16-,17-,18-/m0/s1. The summed E-state index contributed by atoms with van der Waals surface area (Å²) >= 11 is 0. The molecule has 0 saturated heterocycles. The maximum Gasteiger partial charge on any atom is 0.326 e. The van der Waals surface area contributed by atoms with Gasteiger partial charge < -0.3 is 46.1 Å². The normalized spacial score (nSPS) is 12.8. The lowest BCUT2D eigenvalue weighted by molar-refractivity contribution is -0.144. The number of nitrogens with two attached hydrogens (primary N) is 1. The summed E-state index contributed by atoms with van der Waals surface area (Å²) in [5.74, 6) is -0.829. The second-order valence-corrected chi connectivity index (χ2v) is 9.27. The molecule has 0 aromatic rings. The Morgan fingerprint density at radius 1 is 0.628 bits per heavy atom. The van der Waals surface area contributed by atoms with Gasteiger partial charge in [0.05, 0.1) is 19.8 Å². The van der Waals surface area contributed by atoms with Crippen LogP contribution in [0.1, 0.15) is 58.3 Å². The molecule has 246 valence electrons. The zero-order valence-electron chi connectivity index (χ0n) is 24.2. The number of carbonyl (C=O) groups is 7. The average Bonchev–Trinajstić information content (AvgIpc) is 2.95. The maximum atomic E-state index is 12.3. The van der Waals surface area contributed by atoms with E-state index < -0.39 is 66.8 Å². The Bertz CT molecular complexity index is 919. The van der Waals surface area contributed by atoms with Crippen molar-refractivity contribution < 1.29 is 58.4 Å². The largest absolute Gasteiger partial charge is 0.480 e. The maximum absolute atomic E-state index is 12.3. The van der Waals surface area contributed by atoms with Crippen molar-refractivity contribution >= 4 is 41.5 Å². The quantitative estimate of drug-likeness (QED) is 0.0273. The number of carbonyl (C=O) groups excluding carboxylic acids is 4. The molecule has 18 heteroatoms. The SMILES string of the molecule is CCC(=O)NCCOCCOCC(=O)N[C@@H](CCC(=O)N[C@@H](CCC(=O)NCCCC[C@H](NN)C(=O)O)C(=O)O)C(=O)O. The highest BCUT2D eigenvalue weighted by Gasteiger charge is 2.24. The molecule has 3 atom stereocenters. The van der Waals surface area contributed by atoms with Crippen molar-refractivity contribution in [2.45, 2.75) is 76.4 Å². The number of aliphatic carboxylic acids is 3. The molecule has 10 N–H and O–H groups in total. The van der Waals surface area contributed by atoms with Crippen LogP contribution in [0.2, 0.25) is 0 Å². The number of hydrazine groups is 1. The lowest BCUT2D eigenvalue weighted by atomic mass is 10.1. The first-order chi connectivity index (χ1) is 20.4. The Hall–Kier alpha value is -3.87. The van der Waals surface area contributed by atoms with Crippen LogP contribution in [0.25, 0.3) is 0 Å². The van der Waals surface area contributed by atoms with E-state index in [1.807, 2.05) is 0 Å². The number of ether oxygens (including phenoxy) is 2. The van der Waals surface area contributed by atoms with Gasteiger partial charge in [-0.3, -0.25) is 29.8 Å². The average molecular weight is 621 g/mol. The van der Waals surface area contributed by atoms with Gasteiger partial charge in [0.25, 0.3) is 0 Å². The number of rotatable bonds is 26. The molecule has 0 aliphatic heterocycles. The van der Waals surface area contributed by atoms with E-state index in [4.69, 9.17) is 20.4 Å². The fourth-order valence-electron chi connectivity index (χ4n) is 3.41.